The second-order valence-corrected chi connectivity index (χ2v) is 3.98. The van der Waals surface area contributed by atoms with Gasteiger partial charge in [0, 0.05) is 19.1 Å². The van der Waals surface area contributed by atoms with E-state index >= 15 is 0 Å². The number of hydrogen-bond acceptors (Lipinski definition) is 2. The molecule has 13 heavy (non-hydrogen) atoms. The first-order valence-electron chi connectivity index (χ1n) is 5.12. The normalized spacial score (nSPS) is 19.2. The van der Waals surface area contributed by atoms with Crippen molar-refractivity contribution < 1.29 is 9.90 Å². The van der Waals surface area contributed by atoms with Crippen LogP contribution in [0.4, 0.5) is 0 Å². The van der Waals surface area contributed by atoms with Gasteiger partial charge in [0.25, 0.3) is 0 Å². The van der Waals surface area contributed by atoms with Gasteiger partial charge in [-0.3, -0.25) is 4.79 Å². The van der Waals surface area contributed by atoms with Crippen LogP contribution in [0.1, 0.15) is 39.0 Å². The van der Waals surface area contributed by atoms with Crippen molar-refractivity contribution in [1.82, 2.24) is 5.32 Å². The van der Waals surface area contributed by atoms with Crippen molar-refractivity contribution >= 4 is 5.91 Å². The maximum atomic E-state index is 11.3. The molecule has 0 spiro atoms. The van der Waals surface area contributed by atoms with Gasteiger partial charge in [-0.2, -0.15) is 0 Å². The molecule has 1 aliphatic carbocycles. The van der Waals surface area contributed by atoms with E-state index in [2.05, 4.69) is 5.32 Å². The highest BCUT2D eigenvalue weighted by molar-refractivity contribution is 5.76. The Kier molecular flexibility index (Phi) is 4.22. The molecule has 0 heterocycles. The Morgan fingerprint density at radius 1 is 1.62 bits per heavy atom. The summed E-state index contributed by atoms with van der Waals surface area (Å²) in [6, 6.07) is 0.109. The van der Waals surface area contributed by atoms with Gasteiger partial charge < -0.3 is 10.4 Å². The van der Waals surface area contributed by atoms with E-state index in [0.717, 1.165) is 0 Å². The van der Waals surface area contributed by atoms with Gasteiger partial charge in [0.05, 0.1) is 0 Å². The fourth-order valence-electron chi connectivity index (χ4n) is 1.56. The fourth-order valence-corrected chi connectivity index (χ4v) is 1.56. The molecular formula is C10H19NO2. The van der Waals surface area contributed by atoms with Gasteiger partial charge in [-0.25, -0.2) is 0 Å². The second kappa shape index (κ2) is 5.22. The molecule has 0 saturated heterocycles. The highest BCUT2D eigenvalue weighted by atomic mass is 16.3. The summed E-state index contributed by atoms with van der Waals surface area (Å²) in [6.07, 6.45) is 5.03. The molecule has 1 atom stereocenters. The number of amides is 1. The van der Waals surface area contributed by atoms with E-state index in [1.165, 1.54) is 19.3 Å². The Morgan fingerprint density at radius 3 is 2.77 bits per heavy atom. The summed E-state index contributed by atoms with van der Waals surface area (Å²) in [6.45, 7) is 2.07. The smallest absolute Gasteiger partial charge is 0.220 e. The van der Waals surface area contributed by atoms with E-state index in [9.17, 15) is 4.79 Å². The number of nitrogens with one attached hydrogen (secondary N) is 1. The minimum Gasteiger partial charge on any atom is -0.396 e. The van der Waals surface area contributed by atoms with Crippen molar-refractivity contribution in [2.24, 2.45) is 5.92 Å². The molecule has 0 aromatic heterocycles. The van der Waals surface area contributed by atoms with E-state index in [1.54, 1.807) is 0 Å². The monoisotopic (exact) mass is 185 g/mol. The molecule has 3 heteroatoms. The zero-order chi connectivity index (χ0) is 9.68. The van der Waals surface area contributed by atoms with Crippen LogP contribution in [0.3, 0.4) is 0 Å². The molecule has 1 amide bonds. The second-order valence-electron chi connectivity index (χ2n) is 3.98. The zero-order valence-electron chi connectivity index (χ0n) is 8.25. The minimum absolute atomic E-state index is 0.109. The predicted molar refractivity (Wildman–Crippen MR) is 51.3 cm³/mol. The molecule has 1 saturated carbocycles. The van der Waals surface area contributed by atoms with Crippen LogP contribution >= 0.6 is 0 Å². The van der Waals surface area contributed by atoms with E-state index in [1.807, 2.05) is 6.92 Å². The van der Waals surface area contributed by atoms with Crippen molar-refractivity contribution in [2.75, 3.05) is 6.61 Å². The molecular weight excluding hydrogens is 166 g/mol. The number of carbonyl (C=O) groups is 1. The molecule has 1 unspecified atom stereocenters. The molecule has 0 aromatic carbocycles. The number of rotatable bonds is 5. The molecule has 76 valence electrons. The summed E-state index contributed by atoms with van der Waals surface area (Å²) >= 11 is 0. The van der Waals surface area contributed by atoms with Gasteiger partial charge in [0.15, 0.2) is 0 Å². The van der Waals surface area contributed by atoms with Gasteiger partial charge in [0.2, 0.25) is 5.91 Å². The number of carbonyl (C=O) groups excluding carboxylic acids is 1. The summed E-state index contributed by atoms with van der Waals surface area (Å²) in [5.74, 6) is 0.770. The van der Waals surface area contributed by atoms with E-state index in [0.29, 0.717) is 18.8 Å². The average Bonchev–Trinajstić information content (AvgIpc) is 1.97. The molecule has 0 bridgehead atoms. The Hall–Kier alpha value is -0.570. The third-order valence-corrected chi connectivity index (χ3v) is 2.67. The fraction of sp³-hybridized carbons (Fsp3) is 0.900. The highest BCUT2D eigenvalue weighted by Crippen LogP contribution is 2.29. The van der Waals surface area contributed by atoms with Crippen LogP contribution in [-0.2, 0) is 4.79 Å². The van der Waals surface area contributed by atoms with Gasteiger partial charge in [-0.05, 0) is 32.1 Å². The standard InChI is InChI=1S/C10H19NO2/c1-8(5-6-12)11-10(13)7-9-3-2-4-9/h8-9,12H,2-7H2,1H3,(H,11,13). The maximum Gasteiger partial charge on any atom is 0.220 e. The Labute approximate surface area is 79.5 Å². The lowest BCUT2D eigenvalue weighted by Crippen LogP contribution is -2.35. The first-order valence-corrected chi connectivity index (χ1v) is 5.12. The lowest BCUT2D eigenvalue weighted by atomic mass is 9.83. The summed E-state index contributed by atoms with van der Waals surface area (Å²) in [7, 11) is 0. The zero-order valence-corrected chi connectivity index (χ0v) is 8.25. The maximum absolute atomic E-state index is 11.3. The van der Waals surface area contributed by atoms with E-state index < -0.39 is 0 Å². The largest absolute Gasteiger partial charge is 0.396 e. The Morgan fingerprint density at radius 2 is 2.31 bits per heavy atom. The van der Waals surface area contributed by atoms with Crippen molar-refractivity contribution in [2.45, 2.75) is 45.1 Å². The molecule has 0 radical (unpaired) electrons. The van der Waals surface area contributed by atoms with Gasteiger partial charge in [-0.1, -0.05) is 6.42 Å². The van der Waals surface area contributed by atoms with Gasteiger partial charge in [0.1, 0.15) is 0 Å². The quantitative estimate of drug-likeness (QED) is 0.673. The highest BCUT2D eigenvalue weighted by Gasteiger charge is 2.20. The van der Waals surface area contributed by atoms with Crippen LogP contribution < -0.4 is 5.32 Å². The topological polar surface area (TPSA) is 49.3 Å². The Bertz CT molecular complexity index is 166. The first-order chi connectivity index (χ1) is 6.22. The molecule has 0 aliphatic heterocycles. The molecule has 1 fully saturated rings. The van der Waals surface area contributed by atoms with Crippen LogP contribution in [0.15, 0.2) is 0 Å². The Balaban J connectivity index is 2.08. The van der Waals surface area contributed by atoms with Crippen molar-refractivity contribution in [3.8, 4) is 0 Å². The minimum atomic E-state index is 0.109. The summed E-state index contributed by atoms with van der Waals surface area (Å²) in [5.41, 5.74) is 0. The third-order valence-electron chi connectivity index (χ3n) is 2.67. The summed E-state index contributed by atoms with van der Waals surface area (Å²) < 4.78 is 0. The SMILES string of the molecule is CC(CCO)NC(=O)CC1CCC1. The third kappa shape index (κ3) is 3.77. The van der Waals surface area contributed by atoms with Crippen LogP contribution in [-0.4, -0.2) is 23.7 Å². The predicted octanol–water partition coefficient (Wildman–Crippen LogP) is 1.06. The van der Waals surface area contributed by atoms with Gasteiger partial charge in [-0.15, -0.1) is 0 Å². The van der Waals surface area contributed by atoms with Crippen LogP contribution in [0, 0.1) is 5.92 Å². The molecule has 1 rings (SSSR count). The van der Waals surface area contributed by atoms with Crippen molar-refractivity contribution in [3.63, 3.8) is 0 Å². The summed E-state index contributed by atoms with van der Waals surface area (Å²) in [4.78, 5) is 11.3. The van der Waals surface area contributed by atoms with Crippen molar-refractivity contribution in [3.05, 3.63) is 0 Å². The van der Waals surface area contributed by atoms with E-state index in [-0.39, 0.29) is 18.6 Å². The van der Waals surface area contributed by atoms with Crippen LogP contribution in [0.2, 0.25) is 0 Å². The lowest BCUT2D eigenvalue weighted by molar-refractivity contribution is -0.123. The molecule has 0 aromatic rings. The van der Waals surface area contributed by atoms with Crippen molar-refractivity contribution in [1.29, 1.82) is 0 Å². The first kappa shape index (κ1) is 10.5. The number of aliphatic hydroxyl groups excluding tert-OH is 1. The number of hydrogen-bond donors (Lipinski definition) is 2. The summed E-state index contributed by atoms with van der Waals surface area (Å²) in [5, 5.41) is 11.5. The molecule has 1 aliphatic rings. The van der Waals surface area contributed by atoms with Gasteiger partial charge >= 0.3 is 0 Å². The average molecular weight is 185 g/mol. The molecule has 3 nitrogen and oxygen atoms in total. The molecule has 2 N–H and O–H groups in total. The van der Waals surface area contributed by atoms with Crippen LogP contribution in [0.25, 0.3) is 0 Å². The number of aliphatic hydroxyl groups is 1. The lowest BCUT2D eigenvalue weighted by Gasteiger charge is -2.25. The van der Waals surface area contributed by atoms with Crippen LogP contribution in [0.5, 0.6) is 0 Å². The van der Waals surface area contributed by atoms with E-state index in [4.69, 9.17) is 5.11 Å².